The predicted molar refractivity (Wildman–Crippen MR) is 124 cm³/mol. The van der Waals surface area contributed by atoms with Crippen LogP contribution in [0.2, 0.25) is 0 Å². The number of ether oxygens (including phenoxy) is 2. The molecule has 1 aliphatic heterocycles. The zero-order chi connectivity index (χ0) is 21.5. The Balaban J connectivity index is 0.00000450. The van der Waals surface area contributed by atoms with E-state index in [4.69, 9.17) is 9.47 Å². The number of hydrogen-bond acceptors (Lipinski definition) is 3. The monoisotopic (exact) mass is 543 g/mol. The first-order valence-electron chi connectivity index (χ1n) is 9.95. The van der Waals surface area contributed by atoms with Gasteiger partial charge in [-0.2, -0.15) is 13.2 Å². The smallest absolute Gasteiger partial charge is 0.381 e. The number of methoxy groups -OCH3 is 1. The Morgan fingerprint density at radius 1 is 1.20 bits per heavy atom. The van der Waals surface area contributed by atoms with E-state index in [2.05, 4.69) is 15.6 Å². The molecule has 0 atom stereocenters. The number of hydrogen-bond donors (Lipinski definition) is 2. The maximum atomic E-state index is 13.2. The highest BCUT2D eigenvalue weighted by Gasteiger charge is 2.37. The number of rotatable bonds is 7. The summed E-state index contributed by atoms with van der Waals surface area (Å²) in [4.78, 5) is 4.58. The van der Waals surface area contributed by atoms with Crippen molar-refractivity contribution in [2.24, 2.45) is 4.99 Å². The lowest BCUT2D eigenvalue weighted by atomic mass is 9.73. The lowest BCUT2D eigenvalue weighted by molar-refractivity contribution is -0.137. The molecule has 0 bridgehead atoms. The molecule has 0 aliphatic carbocycles. The highest BCUT2D eigenvalue weighted by molar-refractivity contribution is 14.0. The normalized spacial score (nSPS) is 17.2. The highest BCUT2D eigenvalue weighted by Crippen LogP contribution is 2.37. The van der Waals surface area contributed by atoms with Crippen LogP contribution in [0.15, 0.2) is 29.3 Å². The van der Waals surface area contributed by atoms with Crippen LogP contribution < -0.4 is 10.6 Å². The molecule has 0 amide bonds. The summed E-state index contributed by atoms with van der Waals surface area (Å²) in [6.45, 7) is 8.50. The Kier molecular flexibility index (Phi) is 10.4. The van der Waals surface area contributed by atoms with Gasteiger partial charge >= 0.3 is 6.18 Å². The molecule has 0 radical (unpaired) electrons. The number of nitrogens with zero attached hydrogens (tertiary/aromatic N) is 1. The first kappa shape index (κ1) is 27.0. The molecule has 2 N–H and O–H groups in total. The summed E-state index contributed by atoms with van der Waals surface area (Å²) < 4.78 is 50.6. The van der Waals surface area contributed by atoms with Crippen LogP contribution >= 0.6 is 24.0 Å². The average molecular weight is 543 g/mol. The van der Waals surface area contributed by atoms with Gasteiger partial charge in [0.15, 0.2) is 5.96 Å². The van der Waals surface area contributed by atoms with E-state index in [9.17, 15) is 13.2 Å². The molecule has 0 unspecified atom stereocenters. The van der Waals surface area contributed by atoms with Crippen molar-refractivity contribution < 1.29 is 22.6 Å². The van der Waals surface area contributed by atoms with E-state index in [-0.39, 0.29) is 24.0 Å². The van der Waals surface area contributed by atoms with Crippen LogP contribution in [0.1, 0.15) is 44.7 Å². The minimum absolute atomic E-state index is 0. The van der Waals surface area contributed by atoms with E-state index in [0.29, 0.717) is 57.2 Å². The summed E-state index contributed by atoms with van der Waals surface area (Å²) >= 11 is 0. The van der Waals surface area contributed by atoms with Crippen LogP contribution in [0.5, 0.6) is 0 Å². The third-order valence-corrected chi connectivity index (χ3v) is 5.36. The fourth-order valence-corrected chi connectivity index (χ4v) is 3.28. The van der Waals surface area contributed by atoms with Gasteiger partial charge < -0.3 is 20.1 Å². The number of alkyl halides is 3. The van der Waals surface area contributed by atoms with E-state index < -0.39 is 22.8 Å². The van der Waals surface area contributed by atoms with Crippen molar-refractivity contribution in [1.82, 2.24) is 10.6 Å². The Hall–Kier alpha value is -1.07. The van der Waals surface area contributed by atoms with Gasteiger partial charge in [-0.1, -0.05) is 18.2 Å². The van der Waals surface area contributed by atoms with Gasteiger partial charge in [0.2, 0.25) is 0 Å². The van der Waals surface area contributed by atoms with Gasteiger partial charge in [0.05, 0.1) is 17.7 Å². The summed E-state index contributed by atoms with van der Waals surface area (Å²) in [6.07, 6.45) is -3.08. The Bertz CT molecular complexity index is 690. The summed E-state index contributed by atoms with van der Waals surface area (Å²) in [6, 6.07) is 5.64. The van der Waals surface area contributed by atoms with E-state index in [1.165, 1.54) is 12.1 Å². The predicted octanol–water partition coefficient (Wildman–Crippen LogP) is 4.35. The summed E-state index contributed by atoms with van der Waals surface area (Å²) in [5.41, 5.74) is -0.800. The molecule has 1 saturated heterocycles. The number of benzene rings is 1. The molecule has 5 nitrogen and oxygen atoms in total. The zero-order valence-electron chi connectivity index (χ0n) is 18.1. The lowest BCUT2D eigenvalue weighted by Crippen LogP contribution is -2.48. The van der Waals surface area contributed by atoms with E-state index >= 15 is 0 Å². The van der Waals surface area contributed by atoms with Crippen LogP contribution in [0.25, 0.3) is 0 Å². The van der Waals surface area contributed by atoms with Crippen LogP contribution in [-0.4, -0.2) is 51.5 Å². The molecule has 0 saturated carbocycles. The Morgan fingerprint density at radius 2 is 1.87 bits per heavy atom. The van der Waals surface area contributed by atoms with Gasteiger partial charge in [0.25, 0.3) is 0 Å². The molecule has 1 aliphatic rings. The second-order valence-corrected chi connectivity index (χ2v) is 7.98. The van der Waals surface area contributed by atoms with Crippen molar-refractivity contribution >= 4 is 29.9 Å². The summed E-state index contributed by atoms with van der Waals surface area (Å²) in [5, 5.41) is 6.53. The van der Waals surface area contributed by atoms with Crippen molar-refractivity contribution in [2.45, 2.75) is 50.8 Å². The molecule has 0 aromatic heterocycles. The third kappa shape index (κ3) is 7.56. The van der Waals surface area contributed by atoms with Crippen molar-refractivity contribution in [1.29, 1.82) is 0 Å². The van der Waals surface area contributed by atoms with Crippen LogP contribution in [0.4, 0.5) is 13.2 Å². The molecule has 1 aromatic carbocycles. The van der Waals surface area contributed by atoms with Gasteiger partial charge in [-0.3, -0.25) is 4.99 Å². The number of halogens is 4. The standard InChI is InChI=1S/C21H32F3N3O2.HI/c1-5-25-18(26-14-19(2,3)28-4)27-15-20(9-11-29-12-10-20)16-7-6-8-17(13-16)21(22,23)24;/h6-8,13H,5,9-12,14-15H2,1-4H3,(H2,25,26,27);1H. The summed E-state index contributed by atoms with van der Waals surface area (Å²) in [7, 11) is 1.64. The van der Waals surface area contributed by atoms with E-state index in [1.807, 2.05) is 20.8 Å². The maximum Gasteiger partial charge on any atom is 0.416 e. The third-order valence-electron chi connectivity index (χ3n) is 5.36. The van der Waals surface area contributed by atoms with Crippen molar-refractivity contribution in [3.8, 4) is 0 Å². The fourth-order valence-electron chi connectivity index (χ4n) is 3.28. The van der Waals surface area contributed by atoms with Gasteiger partial charge in [-0.15, -0.1) is 24.0 Å². The van der Waals surface area contributed by atoms with Crippen LogP contribution in [0, 0.1) is 0 Å². The van der Waals surface area contributed by atoms with Crippen molar-refractivity contribution in [2.75, 3.05) is 40.0 Å². The Labute approximate surface area is 194 Å². The number of aliphatic imine (C=N–C) groups is 1. The lowest BCUT2D eigenvalue weighted by Gasteiger charge is -2.38. The molecule has 0 spiro atoms. The first-order valence-corrected chi connectivity index (χ1v) is 9.95. The van der Waals surface area contributed by atoms with Crippen molar-refractivity contribution in [3.05, 3.63) is 35.4 Å². The van der Waals surface area contributed by atoms with Crippen molar-refractivity contribution in [3.63, 3.8) is 0 Å². The quantitative estimate of drug-likeness (QED) is 0.305. The van der Waals surface area contributed by atoms with Gasteiger partial charge in [0, 0.05) is 38.8 Å². The maximum absolute atomic E-state index is 13.2. The highest BCUT2D eigenvalue weighted by atomic mass is 127. The van der Waals surface area contributed by atoms with Gasteiger partial charge in [0.1, 0.15) is 0 Å². The minimum atomic E-state index is -4.36. The van der Waals surface area contributed by atoms with Gasteiger partial charge in [-0.05, 0) is 45.2 Å². The second kappa shape index (κ2) is 11.5. The molecule has 1 aromatic rings. The van der Waals surface area contributed by atoms with Crippen LogP contribution in [0.3, 0.4) is 0 Å². The van der Waals surface area contributed by atoms with Gasteiger partial charge in [-0.25, -0.2) is 0 Å². The molecule has 1 heterocycles. The largest absolute Gasteiger partial charge is 0.416 e. The number of guanidine groups is 1. The molecular weight excluding hydrogens is 510 g/mol. The topological polar surface area (TPSA) is 54.9 Å². The number of nitrogens with one attached hydrogen (secondary N) is 2. The molecule has 2 rings (SSSR count). The second-order valence-electron chi connectivity index (χ2n) is 7.98. The Morgan fingerprint density at radius 3 is 2.43 bits per heavy atom. The molecule has 30 heavy (non-hydrogen) atoms. The molecule has 1 fully saturated rings. The van der Waals surface area contributed by atoms with E-state index in [1.54, 1.807) is 13.2 Å². The zero-order valence-corrected chi connectivity index (χ0v) is 20.4. The van der Waals surface area contributed by atoms with Crippen LogP contribution in [-0.2, 0) is 21.1 Å². The SMILES string of the molecule is CCNC(=NCC(C)(C)OC)NCC1(c2cccc(C(F)(F)F)c2)CCOCC1.I. The summed E-state index contributed by atoms with van der Waals surface area (Å²) in [5.74, 6) is 0.621. The average Bonchev–Trinajstić information content (AvgIpc) is 2.70. The first-order chi connectivity index (χ1) is 13.6. The molecule has 9 heteroatoms. The molecular formula is C21H33F3IN3O2. The fraction of sp³-hybridized carbons (Fsp3) is 0.667. The molecule has 172 valence electrons. The van der Waals surface area contributed by atoms with E-state index in [0.717, 1.165) is 6.07 Å². The minimum Gasteiger partial charge on any atom is -0.381 e.